The van der Waals surface area contributed by atoms with E-state index >= 15 is 0 Å². The molecule has 4 heterocycles. The quantitative estimate of drug-likeness (QED) is 0.563. The maximum Gasteiger partial charge on any atom is 0.262 e. The number of fused-ring (bicyclic) bond motifs is 2. The van der Waals surface area contributed by atoms with Crippen molar-refractivity contribution < 1.29 is 0 Å². The Bertz CT molecular complexity index is 1280. The van der Waals surface area contributed by atoms with Crippen LogP contribution in [-0.2, 0) is 6.54 Å². The van der Waals surface area contributed by atoms with E-state index in [0.29, 0.717) is 17.0 Å². The molecule has 0 aliphatic carbocycles. The Labute approximate surface area is 174 Å². The molecule has 0 bridgehead atoms. The van der Waals surface area contributed by atoms with Crippen LogP contribution in [0.15, 0.2) is 41.6 Å². The molecule has 0 radical (unpaired) electrons. The number of H-pyrrole nitrogens is 1. The lowest BCUT2D eigenvalue weighted by molar-refractivity contribution is 0.318. The maximum absolute atomic E-state index is 12.6. The number of aromatic amines is 1. The number of aromatic nitrogens is 6. The van der Waals surface area contributed by atoms with Crippen LogP contribution in [0.1, 0.15) is 44.1 Å². The summed E-state index contributed by atoms with van der Waals surface area (Å²) in [6.45, 7) is 8.95. The zero-order valence-electron chi connectivity index (χ0n) is 17.4. The van der Waals surface area contributed by atoms with Gasteiger partial charge in [-0.15, -0.1) is 0 Å². The molecule has 1 aliphatic heterocycles. The lowest BCUT2D eigenvalue weighted by Crippen LogP contribution is -2.21. The Balaban J connectivity index is 1.41. The molecule has 1 saturated heterocycles. The van der Waals surface area contributed by atoms with E-state index in [2.05, 4.69) is 44.0 Å². The Morgan fingerprint density at radius 1 is 1.17 bits per heavy atom. The van der Waals surface area contributed by atoms with Crippen molar-refractivity contribution in [2.24, 2.45) is 5.92 Å². The van der Waals surface area contributed by atoms with Crippen molar-refractivity contribution in [2.45, 2.75) is 39.3 Å². The van der Waals surface area contributed by atoms with Gasteiger partial charge in [0.05, 0.1) is 17.2 Å². The van der Waals surface area contributed by atoms with Crippen molar-refractivity contribution in [3.63, 3.8) is 0 Å². The number of hydrogen-bond donors (Lipinski definition) is 1. The summed E-state index contributed by atoms with van der Waals surface area (Å²) in [6.07, 6.45) is 5.04. The van der Waals surface area contributed by atoms with Gasteiger partial charge in [0.25, 0.3) is 5.56 Å². The molecule has 4 aromatic rings. The second kappa shape index (κ2) is 7.28. The minimum Gasteiger partial charge on any atom is -0.310 e. The summed E-state index contributed by atoms with van der Waals surface area (Å²) in [5.41, 5.74) is 3.59. The molecule has 5 rings (SSSR count). The van der Waals surface area contributed by atoms with E-state index in [1.807, 2.05) is 24.6 Å². The smallest absolute Gasteiger partial charge is 0.262 e. The van der Waals surface area contributed by atoms with Crippen molar-refractivity contribution in [1.82, 2.24) is 34.6 Å². The highest BCUT2D eigenvalue weighted by molar-refractivity contribution is 5.74. The normalized spacial score (nSPS) is 20.0. The second-order valence-corrected chi connectivity index (χ2v) is 8.53. The third-order valence-corrected chi connectivity index (χ3v) is 5.95. The first kappa shape index (κ1) is 18.9. The standard InChI is InChI=1S/C22H25N7O/c1-13(2)29-21-16(9-25-29)22(30)27-20(26-21)17-12-28(10-14(17)3)11-15-4-5-18-19(8-15)24-7-6-23-18/h4-9,13-14,17H,10-12H2,1-3H3,(H,26,27,30). The van der Waals surface area contributed by atoms with Gasteiger partial charge in [-0.2, -0.15) is 5.10 Å². The summed E-state index contributed by atoms with van der Waals surface area (Å²) in [5, 5.41) is 4.90. The number of rotatable bonds is 4. The van der Waals surface area contributed by atoms with E-state index < -0.39 is 0 Å². The van der Waals surface area contributed by atoms with Gasteiger partial charge in [-0.25, -0.2) is 9.67 Å². The van der Waals surface area contributed by atoms with E-state index in [0.717, 1.165) is 36.5 Å². The Morgan fingerprint density at radius 2 is 1.97 bits per heavy atom. The monoisotopic (exact) mass is 403 g/mol. The van der Waals surface area contributed by atoms with E-state index in [4.69, 9.17) is 4.98 Å². The van der Waals surface area contributed by atoms with Gasteiger partial charge in [-0.3, -0.25) is 19.7 Å². The molecule has 3 aromatic heterocycles. The molecule has 30 heavy (non-hydrogen) atoms. The van der Waals surface area contributed by atoms with Crippen molar-refractivity contribution in [1.29, 1.82) is 0 Å². The van der Waals surface area contributed by atoms with Gasteiger partial charge in [0.15, 0.2) is 5.65 Å². The lowest BCUT2D eigenvalue weighted by atomic mass is 9.97. The van der Waals surface area contributed by atoms with Gasteiger partial charge < -0.3 is 4.98 Å². The van der Waals surface area contributed by atoms with Crippen molar-refractivity contribution in [2.75, 3.05) is 13.1 Å². The highest BCUT2D eigenvalue weighted by Crippen LogP contribution is 2.31. The molecule has 0 amide bonds. The SMILES string of the molecule is CC1CN(Cc2ccc3nccnc3c2)CC1c1nc2c(cnn2C(C)C)c(=O)[nH]1. The number of likely N-dealkylation sites (tertiary alicyclic amines) is 1. The highest BCUT2D eigenvalue weighted by atomic mass is 16.1. The van der Waals surface area contributed by atoms with Crippen molar-refractivity contribution >= 4 is 22.1 Å². The number of nitrogens with zero attached hydrogens (tertiary/aromatic N) is 6. The molecule has 1 aliphatic rings. The number of hydrogen-bond acceptors (Lipinski definition) is 6. The topological polar surface area (TPSA) is 92.6 Å². The molecule has 8 nitrogen and oxygen atoms in total. The average Bonchev–Trinajstić information content (AvgIpc) is 3.31. The molecule has 1 aromatic carbocycles. The van der Waals surface area contributed by atoms with Crippen molar-refractivity contribution in [3.05, 3.63) is 58.5 Å². The van der Waals surface area contributed by atoms with Crippen LogP contribution in [0.4, 0.5) is 0 Å². The van der Waals surface area contributed by atoms with E-state index in [-0.39, 0.29) is 17.5 Å². The molecular formula is C22H25N7O. The van der Waals surface area contributed by atoms with Crippen molar-refractivity contribution in [3.8, 4) is 0 Å². The molecule has 2 unspecified atom stereocenters. The minimum atomic E-state index is -0.111. The fourth-order valence-electron chi connectivity index (χ4n) is 4.42. The molecule has 1 N–H and O–H groups in total. The summed E-state index contributed by atoms with van der Waals surface area (Å²) in [4.78, 5) is 31.6. The lowest BCUT2D eigenvalue weighted by Gasteiger charge is -2.16. The molecular weight excluding hydrogens is 378 g/mol. The van der Waals surface area contributed by atoms with Crippen LogP contribution >= 0.6 is 0 Å². The van der Waals surface area contributed by atoms with Gasteiger partial charge in [0.1, 0.15) is 11.2 Å². The Kier molecular flexibility index (Phi) is 4.58. The van der Waals surface area contributed by atoms with E-state index in [1.54, 1.807) is 18.6 Å². The first-order chi connectivity index (χ1) is 14.5. The van der Waals surface area contributed by atoms with Gasteiger partial charge >= 0.3 is 0 Å². The Morgan fingerprint density at radius 3 is 2.77 bits per heavy atom. The largest absolute Gasteiger partial charge is 0.310 e. The highest BCUT2D eigenvalue weighted by Gasteiger charge is 2.33. The third kappa shape index (κ3) is 3.27. The summed E-state index contributed by atoms with van der Waals surface area (Å²) >= 11 is 0. The summed E-state index contributed by atoms with van der Waals surface area (Å²) in [7, 11) is 0. The predicted octanol–water partition coefficient (Wildman–Crippen LogP) is 2.88. The summed E-state index contributed by atoms with van der Waals surface area (Å²) < 4.78 is 1.82. The first-order valence-corrected chi connectivity index (χ1v) is 10.4. The number of benzene rings is 1. The molecule has 154 valence electrons. The van der Waals surface area contributed by atoms with Gasteiger partial charge in [-0.05, 0) is 37.5 Å². The fraction of sp³-hybridized carbons (Fsp3) is 0.409. The molecule has 2 atom stereocenters. The summed E-state index contributed by atoms with van der Waals surface area (Å²) in [5.74, 6) is 1.33. The predicted molar refractivity (Wildman–Crippen MR) is 115 cm³/mol. The Hall–Kier alpha value is -3.13. The van der Waals surface area contributed by atoms with Gasteiger partial charge in [0, 0.05) is 44.0 Å². The van der Waals surface area contributed by atoms with Gasteiger partial charge in [-0.1, -0.05) is 13.0 Å². The second-order valence-electron chi connectivity index (χ2n) is 8.53. The number of nitrogens with one attached hydrogen (secondary N) is 1. The third-order valence-electron chi connectivity index (χ3n) is 5.95. The zero-order chi connectivity index (χ0) is 20.8. The van der Waals surface area contributed by atoms with Gasteiger partial charge in [0.2, 0.25) is 0 Å². The molecule has 8 heteroatoms. The first-order valence-electron chi connectivity index (χ1n) is 10.4. The van der Waals surface area contributed by atoms with E-state index in [9.17, 15) is 4.79 Å². The fourth-order valence-corrected chi connectivity index (χ4v) is 4.42. The molecule has 0 saturated carbocycles. The summed E-state index contributed by atoms with van der Waals surface area (Å²) in [6, 6.07) is 6.39. The van der Waals surface area contributed by atoms with Crippen LogP contribution in [0.3, 0.4) is 0 Å². The molecule has 1 fully saturated rings. The van der Waals surface area contributed by atoms with Crippen LogP contribution in [0.5, 0.6) is 0 Å². The van der Waals surface area contributed by atoms with Crippen LogP contribution < -0.4 is 5.56 Å². The average molecular weight is 403 g/mol. The zero-order valence-corrected chi connectivity index (χ0v) is 17.4. The van der Waals surface area contributed by atoms with Crippen LogP contribution in [0.2, 0.25) is 0 Å². The van der Waals surface area contributed by atoms with Crippen LogP contribution in [0.25, 0.3) is 22.1 Å². The van der Waals surface area contributed by atoms with Crippen LogP contribution in [-0.4, -0.2) is 47.7 Å². The molecule has 0 spiro atoms. The van der Waals surface area contributed by atoms with Crippen LogP contribution in [0, 0.1) is 5.92 Å². The maximum atomic E-state index is 12.6. The minimum absolute atomic E-state index is 0.111. The van der Waals surface area contributed by atoms with E-state index in [1.165, 1.54) is 5.56 Å².